The fourth-order valence-corrected chi connectivity index (χ4v) is 4.78. The van der Waals surface area contributed by atoms with Gasteiger partial charge in [-0.3, -0.25) is 9.59 Å². The number of halogens is 2. The third kappa shape index (κ3) is 9.06. The minimum absolute atomic E-state index is 0. The van der Waals surface area contributed by atoms with Gasteiger partial charge in [0, 0.05) is 82.4 Å². The Labute approximate surface area is 299 Å². The maximum absolute atomic E-state index is 11.1. The normalized spacial score (nSPS) is 10.4. The van der Waals surface area contributed by atoms with E-state index in [1.165, 1.54) is 0 Å². The Morgan fingerprint density at radius 1 is 0.556 bits per heavy atom. The summed E-state index contributed by atoms with van der Waals surface area (Å²) >= 11 is 11.8. The van der Waals surface area contributed by atoms with E-state index in [9.17, 15) is 9.59 Å². The van der Waals surface area contributed by atoms with Crippen LogP contribution in [0.25, 0.3) is 33.9 Å². The van der Waals surface area contributed by atoms with Crippen LogP contribution in [0, 0.1) is 0 Å². The standard InChI is InChI=1S/2C17H13ClN2O2.Ca/c2*18-14-8-6-12(7-9-14)17-13(10-16(21)22)11-20(19-17)15-4-2-1-3-5-15;/h2*1-9,11H,10H2,(H,21,22);. The van der Waals surface area contributed by atoms with Crippen molar-refractivity contribution in [3.05, 3.63) is 143 Å². The number of benzene rings is 4. The molecule has 0 atom stereocenters. The van der Waals surface area contributed by atoms with E-state index in [2.05, 4.69) is 10.2 Å². The first-order valence-electron chi connectivity index (χ1n) is 13.5. The Balaban J connectivity index is 0.000000200. The van der Waals surface area contributed by atoms with Gasteiger partial charge in [0.25, 0.3) is 0 Å². The number of hydrogen-bond acceptors (Lipinski definition) is 4. The van der Waals surface area contributed by atoms with Crippen LogP contribution in [0.4, 0.5) is 0 Å². The predicted molar refractivity (Wildman–Crippen MR) is 176 cm³/mol. The molecule has 0 aliphatic carbocycles. The van der Waals surface area contributed by atoms with Gasteiger partial charge in [-0.2, -0.15) is 10.2 Å². The topological polar surface area (TPSA) is 110 Å². The molecule has 0 amide bonds. The molecule has 0 saturated heterocycles. The Morgan fingerprint density at radius 3 is 1.20 bits per heavy atom. The molecule has 6 aromatic rings. The molecule has 2 heterocycles. The van der Waals surface area contributed by atoms with Gasteiger partial charge in [0.05, 0.1) is 35.6 Å². The van der Waals surface area contributed by atoms with Crippen LogP contribution in [0.15, 0.2) is 122 Å². The van der Waals surface area contributed by atoms with Crippen molar-refractivity contribution in [3.8, 4) is 33.9 Å². The van der Waals surface area contributed by atoms with Crippen molar-refractivity contribution in [2.75, 3.05) is 0 Å². The van der Waals surface area contributed by atoms with E-state index in [-0.39, 0.29) is 50.6 Å². The van der Waals surface area contributed by atoms with Gasteiger partial charge in [0.1, 0.15) is 0 Å². The Bertz CT molecular complexity index is 1740. The van der Waals surface area contributed by atoms with Gasteiger partial charge in [-0.05, 0) is 48.5 Å². The molecule has 222 valence electrons. The summed E-state index contributed by atoms with van der Waals surface area (Å²) in [4.78, 5) is 22.2. The van der Waals surface area contributed by atoms with E-state index in [0.717, 1.165) is 22.5 Å². The van der Waals surface area contributed by atoms with Crippen molar-refractivity contribution in [1.29, 1.82) is 0 Å². The van der Waals surface area contributed by atoms with E-state index in [1.54, 1.807) is 46.0 Å². The van der Waals surface area contributed by atoms with Gasteiger partial charge in [-0.15, -0.1) is 0 Å². The fourth-order valence-electron chi connectivity index (χ4n) is 4.53. The number of carbonyl (C=O) groups is 2. The average Bonchev–Trinajstić information content (AvgIpc) is 3.63. The molecule has 0 fully saturated rings. The largest absolute Gasteiger partial charge is 0.481 e. The van der Waals surface area contributed by atoms with Crippen LogP contribution in [0.5, 0.6) is 0 Å². The number of para-hydroxylation sites is 2. The number of carboxylic acids is 2. The van der Waals surface area contributed by atoms with Gasteiger partial charge in [-0.25, -0.2) is 9.36 Å². The van der Waals surface area contributed by atoms with E-state index in [0.29, 0.717) is 32.6 Å². The quantitative estimate of drug-likeness (QED) is 0.166. The molecular weight excluding hydrogens is 639 g/mol. The maximum atomic E-state index is 11.1. The smallest absolute Gasteiger partial charge is 0.307 e. The summed E-state index contributed by atoms with van der Waals surface area (Å²) in [5.41, 5.74) is 6.09. The third-order valence-electron chi connectivity index (χ3n) is 6.54. The zero-order valence-electron chi connectivity index (χ0n) is 23.9. The van der Waals surface area contributed by atoms with Crippen molar-refractivity contribution in [3.63, 3.8) is 0 Å². The van der Waals surface area contributed by atoms with Crippen LogP contribution in [0.2, 0.25) is 10.0 Å². The Kier molecular flexibility index (Phi) is 12.0. The molecule has 8 nitrogen and oxygen atoms in total. The molecule has 0 aliphatic heterocycles. The monoisotopic (exact) mass is 664 g/mol. The fraction of sp³-hybridized carbons (Fsp3) is 0.0588. The second-order valence-electron chi connectivity index (χ2n) is 9.72. The first-order valence-corrected chi connectivity index (χ1v) is 14.3. The van der Waals surface area contributed by atoms with E-state index in [4.69, 9.17) is 33.4 Å². The SMILES string of the molecule is O=C(O)Cc1cn(-c2ccccc2)nc1-c1ccc(Cl)cc1.O=C(O)Cc1cn(-c2ccccc2)nc1-c1ccc(Cl)cc1.[Ca]. The molecule has 45 heavy (non-hydrogen) atoms. The van der Waals surface area contributed by atoms with Gasteiger partial charge in [0.15, 0.2) is 0 Å². The Hall–Kier alpha value is -3.92. The molecule has 11 heteroatoms. The first-order chi connectivity index (χ1) is 21.3. The molecule has 0 bridgehead atoms. The van der Waals surface area contributed by atoms with Gasteiger partial charge in [0.2, 0.25) is 0 Å². The molecular formula is C34H26CaCl2N4O4. The summed E-state index contributed by atoms with van der Waals surface area (Å²) < 4.78 is 3.39. The molecule has 0 aliphatic rings. The van der Waals surface area contributed by atoms with Crippen molar-refractivity contribution >= 4 is 72.9 Å². The predicted octanol–water partition coefficient (Wildman–Crippen LogP) is 7.26. The summed E-state index contributed by atoms with van der Waals surface area (Å²) in [7, 11) is 0. The van der Waals surface area contributed by atoms with Crippen LogP contribution < -0.4 is 0 Å². The zero-order chi connectivity index (χ0) is 31.1. The average molecular weight is 666 g/mol. The third-order valence-corrected chi connectivity index (χ3v) is 7.04. The van der Waals surface area contributed by atoms with E-state index < -0.39 is 11.9 Å². The number of carboxylic acid groups (broad SMARTS) is 2. The summed E-state index contributed by atoms with van der Waals surface area (Å²) in [5, 5.41) is 28.6. The molecule has 2 N–H and O–H groups in total. The second kappa shape index (κ2) is 15.9. The van der Waals surface area contributed by atoms with Crippen molar-refractivity contribution < 1.29 is 19.8 Å². The molecule has 6 rings (SSSR count). The van der Waals surface area contributed by atoms with Gasteiger partial charge >= 0.3 is 11.9 Å². The minimum atomic E-state index is -0.886. The number of nitrogens with zero attached hydrogens (tertiary/aromatic N) is 4. The van der Waals surface area contributed by atoms with Crippen LogP contribution >= 0.6 is 23.2 Å². The Morgan fingerprint density at radius 2 is 0.889 bits per heavy atom. The molecule has 0 unspecified atom stereocenters. The molecule has 0 spiro atoms. The number of rotatable bonds is 8. The second-order valence-corrected chi connectivity index (χ2v) is 10.6. The molecule has 2 radical (unpaired) electrons. The van der Waals surface area contributed by atoms with Crippen molar-refractivity contribution in [2.24, 2.45) is 0 Å². The van der Waals surface area contributed by atoms with E-state index >= 15 is 0 Å². The first kappa shape index (κ1) is 34.0. The van der Waals surface area contributed by atoms with Crippen LogP contribution in [0.1, 0.15) is 11.1 Å². The number of hydrogen-bond donors (Lipinski definition) is 2. The van der Waals surface area contributed by atoms with Crippen LogP contribution in [-0.2, 0) is 22.4 Å². The number of aromatic nitrogens is 4. The van der Waals surface area contributed by atoms with Crippen molar-refractivity contribution in [1.82, 2.24) is 19.6 Å². The van der Waals surface area contributed by atoms with E-state index in [1.807, 2.05) is 84.9 Å². The van der Waals surface area contributed by atoms with Gasteiger partial charge < -0.3 is 10.2 Å². The number of aliphatic carboxylic acids is 2. The molecule has 0 saturated carbocycles. The van der Waals surface area contributed by atoms with Crippen LogP contribution in [0.3, 0.4) is 0 Å². The summed E-state index contributed by atoms with van der Waals surface area (Å²) in [6.07, 6.45) is 3.36. The summed E-state index contributed by atoms with van der Waals surface area (Å²) in [6, 6.07) is 33.6. The summed E-state index contributed by atoms with van der Waals surface area (Å²) in [6.45, 7) is 0. The molecule has 2 aromatic heterocycles. The van der Waals surface area contributed by atoms with Gasteiger partial charge in [-0.1, -0.05) is 83.9 Å². The maximum Gasteiger partial charge on any atom is 0.307 e. The van der Waals surface area contributed by atoms with Crippen LogP contribution in [-0.4, -0.2) is 79.5 Å². The van der Waals surface area contributed by atoms with Crippen molar-refractivity contribution in [2.45, 2.75) is 12.8 Å². The zero-order valence-corrected chi connectivity index (χ0v) is 27.6. The minimum Gasteiger partial charge on any atom is -0.481 e. The molecule has 4 aromatic carbocycles. The summed E-state index contributed by atoms with van der Waals surface area (Å²) in [5.74, 6) is -1.77.